The molecule has 144 valence electrons. The van der Waals surface area contributed by atoms with Gasteiger partial charge in [-0.2, -0.15) is 0 Å². The Morgan fingerprint density at radius 1 is 0.893 bits per heavy atom. The lowest BCUT2D eigenvalue weighted by molar-refractivity contribution is 0.0600. The third-order valence-corrected chi connectivity index (χ3v) is 5.33. The van der Waals surface area contributed by atoms with E-state index in [4.69, 9.17) is 4.74 Å². The minimum atomic E-state index is -3.69. The van der Waals surface area contributed by atoms with Crippen molar-refractivity contribution >= 4 is 21.7 Å². The van der Waals surface area contributed by atoms with Crippen molar-refractivity contribution < 1.29 is 22.7 Å². The average Bonchev–Trinajstić information content (AvgIpc) is 2.68. The lowest BCUT2D eigenvalue weighted by Gasteiger charge is -2.11. The molecule has 0 aliphatic rings. The van der Waals surface area contributed by atoms with Gasteiger partial charge in [0.25, 0.3) is 10.0 Å². The molecule has 0 saturated heterocycles. The number of carbonyl (C=O) groups is 1. The Hall–Kier alpha value is -3.32. The van der Waals surface area contributed by atoms with Crippen molar-refractivity contribution in [1.82, 2.24) is 0 Å². The highest BCUT2D eigenvalue weighted by atomic mass is 32.2. The second kappa shape index (κ2) is 8.14. The van der Waals surface area contributed by atoms with Crippen LogP contribution in [0.2, 0.25) is 0 Å². The monoisotopic (exact) mass is 397 g/mol. The number of sulfonamides is 1. The molecule has 0 spiro atoms. The Kier molecular flexibility index (Phi) is 5.65. The second-order valence-electron chi connectivity index (χ2n) is 6.06. The minimum Gasteiger partial charge on any atom is -0.465 e. The number of benzene rings is 3. The summed E-state index contributed by atoms with van der Waals surface area (Å²) < 4.78 is 38.0. The fourth-order valence-corrected chi connectivity index (χ4v) is 3.52. The summed E-state index contributed by atoms with van der Waals surface area (Å²) in [5, 5.41) is 0. The smallest absolute Gasteiger partial charge is 0.337 e. The Morgan fingerprint density at radius 2 is 1.57 bits per heavy atom. The van der Waals surface area contributed by atoms with Crippen LogP contribution < -0.4 is 9.46 Å². The summed E-state index contributed by atoms with van der Waals surface area (Å²) in [6, 6.07) is 19.7. The molecule has 1 N–H and O–H groups in total. The van der Waals surface area contributed by atoms with Crippen LogP contribution in [0.15, 0.2) is 77.7 Å². The quantitative estimate of drug-likeness (QED) is 0.625. The summed E-state index contributed by atoms with van der Waals surface area (Å²) in [5.74, 6) is 0.528. The maximum atomic E-state index is 12.5. The van der Waals surface area contributed by atoms with Crippen LogP contribution in [0.25, 0.3) is 0 Å². The summed E-state index contributed by atoms with van der Waals surface area (Å²) in [5.41, 5.74) is 1.77. The third-order valence-electron chi connectivity index (χ3n) is 3.93. The zero-order valence-corrected chi connectivity index (χ0v) is 16.2. The molecule has 0 amide bonds. The van der Waals surface area contributed by atoms with E-state index in [9.17, 15) is 13.2 Å². The van der Waals surface area contributed by atoms with E-state index < -0.39 is 16.0 Å². The third kappa shape index (κ3) is 4.69. The number of carbonyl (C=O) groups excluding carboxylic acids is 1. The molecule has 3 rings (SSSR count). The van der Waals surface area contributed by atoms with Gasteiger partial charge in [-0.15, -0.1) is 0 Å². The largest absolute Gasteiger partial charge is 0.465 e. The van der Waals surface area contributed by atoms with E-state index in [1.165, 1.54) is 7.11 Å². The molecule has 0 fully saturated rings. The molecule has 0 aliphatic carbocycles. The van der Waals surface area contributed by atoms with Crippen molar-refractivity contribution in [3.05, 3.63) is 83.9 Å². The molecule has 0 atom stereocenters. The molecule has 28 heavy (non-hydrogen) atoms. The minimum absolute atomic E-state index is 0.183. The molecular weight excluding hydrogens is 378 g/mol. The van der Waals surface area contributed by atoms with Crippen molar-refractivity contribution in [3.63, 3.8) is 0 Å². The van der Waals surface area contributed by atoms with Gasteiger partial charge in [-0.25, -0.2) is 13.2 Å². The van der Waals surface area contributed by atoms with Gasteiger partial charge in [0.2, 0.25) is 0 Å². The Bertz CT molecular complexity index is 1070. The molecule has 0 radical (unpaired) electrons. The van der Waals surface area contributed by atoms with Crippen LogP contribution in [0.1, 0.15) is 15.9 Å². The normalized spacial score (nSPS) is 10.9. The molecule has 0 bridgehead atoms. The first-order valence-electron chi connectivity index (χ1n) is 8.43. The van der Waals surface area contributed by atoms with Gasteiger partial charge in [-0.1, -0.05) is 23.8 Å². The maximum Gasteiger partial charge on any atom is 0.337 e. The van der Waals surface area contributed by atoms with Gasteiger partial charge >= 0.3 is 5.97 Å². The zero-order valence-electron chi connectivity index (χ0n) is 15.4. The number of hydrogen-bond donors (Lipinski definition) is 1. The van der Waals surface area contributed by atoms with Crippen LogP contribution >= 0.6 is 0 Å². The lowest BCUT2D eigenvalue weighted by atomic mass is 10.2. The molecule has 0 unspecified atom stereocenters. The number of methoxy groups -OCH3 is 1. The van der Waals surface area contributed by atoms with Crippen molar-refractivity contribution in [2.75, 3.05) is 11.8 Å². The summed E-state index contributed by atoms with van der Waals surface area (Å²) in [6.45, 7) is 1.89. The number of rotatable bonds is 6. The Morgan fingerprint density at radius 3 is 2.21 bits per heavy atom. The van der Waals surface area contributed by atoms with E-state index in [0.29, 0.717) is 22.7 Å². The molecule has 0 aliphatic heterocycles. The fourth-order valence-electron chi connectivity index (χ4n) is 2.47. The Balaban J connectivity index is 1.75. The van der Waals surface area contributed by atoms with Crippen LogP contribution in [0, 0.1) is 6.92 Å². The fraction of sp³-hybridized carbons (Fsp3) is 0.0952. The molecule has 0 heterocycles. The molecular formula is C21H19NO5S. The maximum absolute atomic E-state index is 12.5. The van der Waals surface area contributed by atoms with E-state index in [1.807, 2.05) is 6.92 Å². The average molecular weight is 397 g/mol. The van der Waals surface area contributed by atoms with Gasteiger partial charge in [0, 0.05) is 6.07 Å². The summed E-state index contributed by atoms with van der Waals surface area (Å²) >= 11 is 0. The summed E-state index contributed by atoms with van der Waals surface area (Å²) in [4.78, 5) is 11.7. The van der Waals surface area contributed by atoms with Crippen molar-refractivity contribution in [3.8, 4) is 11.5 Å². The van der Waals surface area contributed by atoms with E-state index >= 15 is 0 Å². The highest BCUT2D eigenvalue weighted by Gasteiger charge is 2.14. The molecule has 3 aromatic carbocycles. The van der Waals surface area contributed by atoms with E-state index in [1.54, 1.807) is 72.8 Å². The summed E-state index contributed by atoms with van der Waals surface area (Å²) in [7, 11) is -2.38. The lowest BCUT2D eigenvalue weighted by Crippen LogP contribution is -2.12. The van der Waals surface area contributed by atoms with Crippen molar-refractivity contribution in [1.29, 1.82) is 0 Å². The first-order valence-corrected chi connectivity index (χ1v) is 9.91. The van der Waals surface area contributed by atoms with Crippen LogP contribution in [0.3, 0.4) is 0 Å². The topological polar surface area (TPSA) is 81.7 Å². The van der Waals surface area contributed by atoms with Gasteiger partial charge in [0.15, 0.2) is 0 Å². The molecule has 7 heteroatoms. The highest BCUT2D eigenvalue weighted by Crippen LogP contribution is 2.26. The number of ether oxygens (including phenoxy) is 2. The van der Waals surface area contributed by atoms with Gasteiger partial charge in [-0.05, 0) is 55.5 Å². The predicted molar refractivity (Wildman–Crippen MR) is 106 cm³/mol. The number of hydrogen-bond acceptors (Lipinski definition) is 5. The van der Waals surface area contributed by atoms with Crippen molar-refractivity contribution in [2.24, 2.45) is 0 Å². The molecule has 3 aromatic rings. The van der Waals surface area contributed by atoms with Gasteiger partial charge < -0.3 is 9.47 Å². The SMILES string of the molecule is COC(=O)c1ccc(Oc2cccc(NS(=O)(=O)c3ccc(C)cc3)c2)cc1. The van der Waals surface area contributed by atoms with Crippen molar-refractivity contribution in [2.45, 2.75) is 11.8 Å². The van der Waals surface area contributed by atoms with E-state index in [-0.39, 0.29) is 4.90 Å². The highest BCUT2D eigenvalue weighted by molar-refractivity contribution is 7.92. The Labute approximate surface area is 163 Å². The first kappa shape index (κ1) is 19.4. The van der Waals surface area contributed by atoms with Crippen LogP contribution in [-0.4, -0.2) is 21.5 Å². The van der Waals surface area contributed by atoms with E-state index in [2.05, 4.69) is 9.46 Å². The molecule has 0 aromatic heterocycles. The van der Waals surface area contributed by atoms with E-state index in [0.717, 1.165) is 5.56 Å². The van der Waals surface area contributed by atoms with Crippen LogP contribution in [0.5, 0.6) is 11.5 Å². The molecule has 0 saturated carbocycles. The molecule has 6 nitrogen and oxygen atoms in total. The van der Waals surface area contributed by atoms with Crippen LogP contribution in [-0.2, 0) is 14.8 Å². The van der Waals surface area contributed by atoms with Gasteiger partial charge in [-0.3, -0.25) is 4.72 Å². The number of esters is 1. The van der Waals surface area contributed by atoms with Gasteiger partial charge in [0.05, 0.1) is 23.3 Å². The number of anilines is 1. The van der Waals surface area contributed by atoms with Gasteiger partial charge in [0.1, 0.15) is 11.5 Å². The zero-order chi connectivity index (χ0) is 20.1. The number of aryl methyl sites for hydroxylation is 1. The first-order chi connectivity index (χ1) is 13.4. The second-order valence-corrected chi connectivity index (χ2v) is 7.75. The van der Waals surface area contributed by atoms with Crippen LogP contribution in [0.4, 0.5) is 5.69 Å². The predicted octanol–water partition coefficient (Wildman–Crippen LogP) is 4.37. The standard InChI is InChI=1S/C21H19NO5S/c1-15-6-12-20(13-7-15)28(24,25)22-17-4-3-5-19(14-17)27-18-10-8-16(9-11-18)21(23)26-2/h3-14,22H,1-2H3. The number of nitrogens with one attached hydrogen (secondary N) is 1. The summed E-state index contributed by atoms with van der Waals surface area (Å²) in [6.07, 6.45) is 0.